The van der Waals surface area contributed by atoms with E-state index < -0.39 is 11.9 Å². The van der Waals surface area contributed by atoms with Gasteiger partial charge in [0.1, 0.15) is 11.2 Å². The molecule has 0 aliphatic rings. The predicted molar refractivity (Wildman–Crippen MR) is 108 cm³/mol. The van der Waals surface area contributed by atoms with Gasteiger partial charge in [-0.1, -0.05) is 27.5 Å². The summed E-state index contributed by atoms with van der Waals surface area (Å²) in [5, 5.41) is 3.33. The van der Waals surface area contributed by atoms with Crippen molar-refractivity contribution >= 4 is 56.3 Å². The number of carbonyl (C=O) groups excluding carboxylic acids is 2. The number of carbonyl (C=O) groups is 2. The number of esters is 2. The standard InChI is InChI=1S/C19H14BrClN2O5/c1-26-17(24)9-15(19(25)27-2)22-11-4-6-16-14(8-11)23-18(28-16)12-7-10(20)3-5-13(12)21/h3-9,22H,1-2H3/b15-9+. The minimum Gasteiger partial charge on any atom is -0.466 e. The molecule has 144 valence electrons. The molecular weight excluding hydrogens is 452 g/mol. The van der Waals surface area contributed by atoms with Gasteiger partial charge in [-0.25, -0.2) is 14.6 Å². The van der Waals surface area contributed by atoms with E-state index in [1.54, 1.807) is 30.3 Å². The molecule has 7 nitrogen and oxygen atoms in total. The Balaban J connectivity index is 1.96. The molecular formula is C19H14BrClN2O5. The number of oxazole rings is 1. The number of halogens is 2. The van der Waals surface area contributed by atoms with E-state index in [0.717, 1.165) is 10.5 Å². The van der Waals surface area contributed by atoms with Crippen molar-refractivity contribution in [2.24, 2.45) is 0 Å². The first kappa shape index (κ1) is 19.9. The number of ether oxygens (including phenoxy) is 2. The molecule has 2 aromatic carbocycles. The predicted octanol–water partition coefficient (Wildman–Crippen LogP) is 4.55. The van der Waals surface area contributed by atoms with Crippen molar-refractivity contribution < 1.29 is 23.5 Å². The topological polar surface area (TPSA) is 90.7 Å². The van der Waals surface area contributed by atoms with Gasteiger partial charge in [-0.15, -0.1) is 0 Å². The SMILES string of the molecule is COC(=O)/C=C(/Nc1ccc2oc(-c3cc(Br)ccc3Cl)nc2c1)C(=O)OC. The third kappa shape index (κ3) is 4.35. The molecule has 1 heterocycles. The molecule has 3 rings (SSSR count). The normalized spacial score (nSPS) is 11.4. The molecule has 0 aliphatic heterocycles. The summed E-state index contributed by atoms with van der Waals surface area (Å²) in [6, 6.07) is 10.4. The Bertz CT molecular complexity index is 1090. The summed E-state index contributed by atoms with van der Waals surface area (Å²) in [6.45, 7) is 0. The smallest absolute Gasteiger partial charge is 0.354 e. The molecule has 1 N–H and O–H groups in total. The minimum atomic E-state index is -0.716. The molecule has 0 radical (unpaired) electrons. The van der Waals surface area contributed by atoms with Gasteiger partial charge in [0.15, 0.2) is 5.58 Å². The number of benzene rings is 2. The summed E-state index contributed by atoms with van der Waals surface area (Å²) < 4.78 is 15.8. The van der Waals surface area contributed by atoms with E-state index in [9.17, 15) is 9.59 Å². The largest absolute Gasteiger partial charge is 0.466 e. The first-order chi connectivity index (χ1) is 13.4. The molecule has 0 aliphatic carbocycles. The minimum absolute atomic E-state index is 0.0764. The molecule has 1 aromatic heterocycles. The van der Waals surface area contributed by atoms with E-state index in [0.29, 0.717) is 33.3 Å². The van der Waals surface area contributed by atoms with Crippen molar-refractivity contribution in [1.82, 2.24) is 4.98 Å². The van der Waals surface area contributed by atoms with Crippen LogP contribution < -0.4 is 5.32 Å². The zero-order valence-corrected chi connectivity index (χ0v) is 17.1. The van der Waals surface area contributed by atoms with Crippen molar-refractivity contribution in [3.63, 3.8) is 0 Å². The van der Waals surface area contributed by atoms with Gasteiger partial charge in [-0.2, -0.15) is 0 Å². The van der Waals surface area contributed by atoms with E-state index in [4.69, 9.17) is 16.0 Å². The van der Waals surface area contributed by atoms with Gasteiger partial charge >= 0.3 is 11.9 Å². The quantitative estimate of drug-likeness (QED) is 0.436. The summed E-state index contributed by atoms with van der Waals surface area (Å²) in [5.41, 5.74) is 2.15. The molecule has 0 bridgehead atoms. The second kappa shape index (κ2) is 8.45. The number of fused-ring (bicyclic) bond motifs is 1. The Labute approximate surface area is 173 Å². The van der Waals surface area contributed by atoms with Crippen LogP contribution in [0.4, 0.5) is 5.69 Å². The molecule has 0 saturated heterocycles. The van der Waals surface area contributed by atoms with Gasteiger partial charge in [-0.3, -0.25) is 0 Å². The lowest BCUT2D eigenvalue weighted by Crippen LogP contribution is -2.15. The van der Waals surface area contributed by atoms with Crippen molar-refractivity contribution in [3.8, 4) is 11.5 Å². The Kier molecular flexibility index (Phi) is 6.01. The van der Waals surface area contributed by atoms with Crippen molar-refractivity contribution in [1.29, 1.82) is 0 Å². The van der Waals surface area contributed by atoms with Crippen LogP contribution in [0.1, 0.15) is 0 Å². The van der Waals surface area contributed by atoms with Crippen LogP contribution in [-0.2, 0) is 19.1 Å². The van der Waals surface area contributed by atoms with Crippen LogP contribution in [0.2, 0.25) is 5.02 Å². The van der Waals surface area contributed by atoms with Crippen LogP contribution in [0.5, 0.6) is 0 Å². The third-order valence-corrected chi connectivity index (χ3v) is 4.52. The van der Waals surface area contributed by atoms with E-state index in [1.165, 1.54) is 14.2 Å². The van der Waals surface area contributed by atoms with Crippen LogP contribution in [-0.4, -0.2) is 31.1 Å². The molecule has 0 saturated carbocycles. The zero-order valence-electron chi connectivity index (χ0n) is 14.8. The average molecular weight is 466 g/mol. The summed E-state index contributed by atoms with van der Waals surface area (Å²) in [5.74, 6) is -1.05. The number of nitrogens with zero attached hydrogens (tertiary/aromatic N) is 1. The van der Waals surface area contributed by atoms with Gasteiger partial charge in [0.05, 0.1) is 30.9 Å². The van der Waals surface area contributed by atoms with Crippen molar-refractivity contribution in [3.05, 3.63) is 57.7 Å². The van der Waals surface area contributed by atoms with Crippen LogP contribution in [0.25, 0.3) is 22.6 Å². The molecule has 28 heavy (non-hydrogen) atoms. The highest BCUT2D eigenvalue weighted by atomic mass is 79.9. The number of hydrogen-bond acceptors (Lipinski definition) is 7. The molecule has 3 aromatic rings. The lowest BCUT2D eigenvalue weighted by Gasteiger charge is -2.08. The number of methoxy groups -OCH3 is 2. The second-order valence-electron chi connectivity index (χ2n) is 5.52. The first-order valence-electron chi connectivity index (χ1n) is 7.92. The lowest BCUT2D eigenvalue weighted by molar-refractivity contribution is -0.138. The second-order valence-corrected chi connectivity index (χ2v) is 6.85. The fourth-order valence-corrected chi connectivity index (χ4v) is 2.93. The maximum absolute atomic E-state index is 11.9. The first-order valence-corrected chi connectivity index (χ1v) is 9.09. The van der Waals surface area contributed by atoms with Gasteiger partial charge in [-0.05, 0) is 36.4 Å². The maximum Gasteiger partial charge on any atom is 0.354 e. The Morgan fingerprint density at radius 3 is 2.68 bits per heavy atom. The van der Waals surface area contributed by atoms with Crippen LogP contribution in [0.15, 0.2) is 57.1 Å². The van der Waals surface area contributed by atoms with Crippen LogP contribution in [0.3, 0.4) is 0 Å². The van der Waals surface area contributed by atoms with Gasteiger partial charge in [0, 0.05) is 10.2 Å². The average Bonchev–Trinajstić information content (AvgIpc) is 3.11. The van der Waals surface area contributed by atoms with Gasteiger partial charge < -0.3 is 19.2 Å². The van der Waals surface area contributed by atoms with Gasteiger partial charge in [0.2, 0.25) is 5.89 Å². The van der Waals surface area contributed by atoms with E-state index >= 15 is 0 Å². The number of nitrogens with one attached hydrogen (secondary N) is 1. The molecule has 0 amide bonds. The monoisotopic (exact) mass is 464 g/mol. The summed E-state index contributed by atoms with van der Waals surface area (Å²) >= 11 is 9.63. The molecule has 0 unspecified atom stereocenters. The summed E-state index contributed by atoms with van der Waals surface area (Å²) in [6.07, 6.45) is 1.01. The van der Waals surface area contributed by atoms with Crippen molar-refractivity contribution in [2.45, 2.75) is 0 Å². The fraction of sp³-hybridized carbons (Fsp3) is 0.105. The molecule has 0 atom stereocenters. The van der Waals surface area contributed by atoms with E-state index in [2.05, 4.69) is 35.7 Å². The molecule has 9 heteroatoms. The zero-order chi connectivity index (χ0) is 20.3. The number of anilines is 1. The van der Waals surface area contributed by atoms with Crippen molar-refractivity contribution in [2.75, 3.05) is 19.5 Å². The van der Waals surface area contributed by atoms with E-state index in [-0.39, 0.29) is 5.70 Å². The van der Waals surface area contributed by atoms with E-state index in [1.807, 2.05) is 6.07 Å². The molecule has 0 spiro atoms. The number of hydrogen-bond donors (Lipinski definition) is 1. The maximum atomic E-state index is 11.9. The Morgan fingerprint density at radius 2 is 1.96 bits per heavy atom. The summed E-state index contributed by atoms with van der Waals surface area (Å²) in [7, 11) is 2.42. The van der Waals surface area contributed by atoms with Crippen LogP contribution >= 0.6 is 27.5 Å². The van der Waals surface area contributed by atoms with Crippen LogP contribution in [0, 0.1) is 0 Å². The van der Waals surface area contributed by atoms with Gasteiger partial charge in [0.25, 0.3) is 0 Å². The fourth-order valence-electron chi connectivity index (χ4n) is 2.37. The summed E-state index contributed by atoms with van der Waals surface area (Å²) in [4.78, 5) is 27.8. The highest BCUT2D eigenvalue weighted by Gasteiger charge is 2.15. The molecule has 0 fully saturated rings. The Morgan fingerprint density at radius 1 is 1.18 bits per heavy atom. The highest BCUT2D eigenvalue weighted by Crippen LogP contribution is 2.33. The third-order valence-electron chi connectivity index (χ3n) is 3.69. The Hall–Kier alpha value is -2.84. The number of rotatable bonds is 5. The number of aromatic nitrogens is 1. The highest BCUT2D eigenvalue weighted by molar-refractivity contribution is 9.10. The lowest BCUT2D eigenvalue weighted by atomic mass is 10.2.